The van der Waals surface area contributed by atoms with Crippen molar-refractivity contribution in [3.63, 3.8) is 0 Å². The normalized spacial score (nSPS) is 18.0. The number of allylic oxidation sites excluding steroid dienone is 2. The highest BCUT2D eigenvalue weighted by molar-refractivity contribution is 6.05. The summed E-state index contributed by atoms with van der Waals surface area (Å²) < 4.78 is 35.6. The molecule has 0 bridgehead atoms. The molecule has 3 heterocycles. The molecule has 9 heteroatoms. The number of nitrogens with one attached hydrogen (secondary N) is 1. The van der Waals surface area contributed by atoms with Crippen LogP contribution in [0.3, 0.4) is 0 Å². The first-order chi connectivity index (χ1) is 16.9. The maximum Gasteiger partial charge on any atom is 0.326 e. The van der Waals surface area contributed by atoms with Crippen LogP contribution in [0.4, 0.5) is 20.4 Å². The number of aliphatic imine (C=N–C) groups is 1. The molecule has 0 unspecified atom stereocenters. The predicted octanol–water partition coefficient (Wildman–Crippen LogP) is 4.58. The summed E-state index contributed by atoms with van der Waals surface area (Å²) in [7, 11) is 2.08. The molecule has 1 saturated heterocycles. The van der Waals surface area contributed by atoms with Crippen molar-refractivity contribution in [1.82, 2.24) is 14.9 Å². The molecule has 5 rings (SSSR count). The van der Waals surface area contributed by atoms with Gasteiger partial charge in [0.15, 0.2) is 11.6 Å². The van der Waals surface area contributed by atoms with Crippen LogP contribution in [-0.4, -0.2) is 60.5 Å². The molecule has 2 aliphatic heterocycles. The van der Waals surface area contributed by atoms with E-state index in [2.05, 4.69) is 37.1 Å². The van der Waals surface area contributed by atoms with Crippen LogP contribution >= 0.6 is 0 Å². The van der Waals surface area contributed by atoms with Crippen LogP contribution in [0.5, 0.6) is 11.8 Å². The Morgan fingerprint density at radius 3 is 2.66 bits per heavy atom. The van der Waals surface area contributed by atoms with Crippen molar-refractivity contribution in [2.75, 3.05) is 50.0 Å². The fraction of sp³-hybridized carbons (Fsp3) is 0.346. The molecule has 35 heavy (non-hydrogen) atoms. The van der Waals surface area contributed by atoms with Crippen molar-refractivity contribution in [3.8, 4) is 11.8 Å². The minimum Gasteiger partial charge on any atom is -0.421 e. The van der Waals surface area contributed by atoms with E-state index in [1.165, 1.54) is 0 Å². The quantitative estimate of drug-likeness (QED) is 0.679. The minimum absolute atomic E-state index is 0.0582. The fourth-order valence-corrected chi connectivity index (χ4v) is 4.42. The molecule has 3 aliphatic rings. The summed E-state index contributed by atoms with van der Waals surface area (Å²) in [5.41, 5.74) is 2.56. The van der Waals surface area contributed by atoms with E-state index in [1.807, 2.05) is 38.1 Å². The summed E-state index contributed by atoms with van der Waals surface area (Å²) in [6.07, 6.45) is 7.97. The second kappa shape index (κ2) is 9.58. The number of rotatable bonds is 5. The molecule has 1 aromatic heterocycles. The molecule has 1 aliphatic carbocycles. The highest BCUT2D eigenvalue weighted by atomic mass is 19.1. The number of likely N-dealkylation sites (N-methyl/N-ethyl adjacent to an activating group) is 1. The van der Waals surface area contributed by atoms with Crippen LogP contribution < -0.4 is 15.0 Å². The van der Waals surface area contributed by atoms with Gasteiger partial charge in [0.25, 0.3) is 0 Å². The third kappa shape index (κ3) is 4.95. The lowest BCUT2D eigenvalue weighted by Crippen LogP contribution is -2.44. The molecule has 0 spiro atoms. The third-order valence-corrected chi connectivity index (χ3v) is 6.28. The molecule has 2 aromatic rings. The van der Waals surface area contributed by atoms with Crippen LogP contribution in [0.1, 0.15) is 25.0 Å². The van der Waals surface area contributed by atoms with Crippen LogP contribution in [0.25, 0.3) is 6.08 Å². The van der Waals surface area contributed by atoms with Gasteiger partial charge in [0.05, 0.1) is 6.54 Å². The summed E-state index contributed by atoms with van der Waals surface area (Å²) in [5.74, 6) is 0.447. The lowest BCUT2D eigenvalue weighted by molar-refractivity contribution is 0.311. The Labute approximate surface area is 203 Å². The molecule has 0 amide bonds. The van der Waals surface area contributed by atoms with Crippen molar-refractivity contribution in [2.24, 2.45) is 4.99 Å². The van der Waals surface area contributed by atoms with Gasteiger partial charge in [-0.25, -0.2) is 8.78 Å². The Kier molecular flexibility index (Phi) is 6.34. The van der Waals surface area contributed by atoms with E-state index in [-0.39, 0.29) is 17.3 Å². The minimum atomic E-state index is -0.611. The number of benzene rings is 1. The summed E-state index contributed by atoms with van der Waals surface area (Å²) in [6.45, 7) is 7.74. The average molecular weight is 479 g/mol. The fourth-order valence-electron chi connectivity index (χ4n) is 4.42. The predicted molar refractivity (Wildman–Crippen MR) is 134 cm³/mol. The van der Waals surface area contributed by atoms with Crippen molar-refractivity contribution < 1.29 is 13.5 Å². The number of anilines is 2. The smallest absolute Gasteiger partial charge is 0.326 e. The molecule has 7 nitrogen and oxygen atoms in total. The van der Waals surface area contributed by atoms with E-state index >= 15 is 4.39 Å². The topological polar surface area (TPSA) is 65.9 Å². The summed E-state index contributed by atoms with van der Waals surface area (Å²) >= 11 is 0. The van der Waals surface area contributed by atoms with Gasteiger partial charge in [-0.1, -0.05) is 23.8 Å². The number of halogens is 2. The van der Waals surface area contributed by atoms with Crippen LogP contribution in [0.15, 0.2) is 46.5 Å². The second-order valence-electron chi connectivity index (χ2n) is 9.06. The van der Waals surface area contributed by atoms with Gasteiger partial charge in [0, 0.05) is 49.4 Å². The average Bonchev–Trinajstić information content (AvgIpc) is 3.44. The van der Waals surface area contributed by atoms with Gasteiger partial charge in [-0.2, -0.15) is 9.97 Å². The number of nitrogens with zero attached hydrogens (tertiary/aromatic N) is 5. The van der Waals surface area contributed by atoms with Gasteiger partial charge >= 0.3 is 6.01 Å². The number of hydrogen-bond acceptors (Lipinski definition) is 7. The molecule has 0 saturated carbocycles. The first-order valence-electron chi connectivity index (χ1n) is 11.7. The van der Waals surface area contributed by atoms with Gasteiger partial charge < -0.3 is 19.9 Å². The molecule has 0 atom stereocenters. The van der Waals surface area contributed by atoms with Crippen molar-refractivity contribution in [1.29, 1.82) is 0 Å². The summed E-state index contributed by atoms with van der Waals surface area (Å²) in [6, 6.07) is 2.85. The maximum atomic E-state index is 15.2. The van der Waals surface area contributed by atoms with Gasteiger partial charge in [-0.05, 0) is 39.0 Å². The van der Waals surface area contributed by atoms with Crippen LogP contribution in [0.2, 0.25) is 0 Å². The lowest BCUT2D eigenvalue weighted by atomic mass is 10.1. The summed E-state index contributed by atoms with van der Waals surface area (Å²) in [4.78, 5) is 17.8. The number of ether oxygens (including phenoxy) is 1. The van der Waals surface area contributed by atoms with Gasteiger partial charge in [-0.3, -0.25) is 4.99 Å². The van der Waals surface area contributed by atoms with Crippen LogP contribution in [0, 0.1) is 11.6 Å². The van der Waals surface area contributed by atoms with E-state index in [9.17, 15) is 4.39 Å². The Morgan fingerprint density at radius 2 is 1.89 bits per heavy atom. The van der Waals surface area contributed by atoms with E-state index in [1.54, 1.807) is 6.08 Å². The summed E-state index contributed by atoms with van der Waals surface area (Å²) in [5, 5.41) is 3.21. The van der Waals surface area contributed by atoms with Crippen molar-refractivity contribution >= 4 is 23.5 Å². The number of fused-ring (bicyclic) bond motifs is 1. The first-order valence-corrected chi connectivity index (χ1v) is 11.7. The Hall–Kier alpha value is -3.59. The zero-order valence-electron chi connectivity index (χ0n) is 20.1. The number of hydrogen-bond donors (Lipinski definition) is 1. The lowest BCUT2D eigenvalue weighted by Gasteiger charge is -2.33. The third-order valence-electron chi connectivity index (χ3n) is 6.28. The van der Waals surface area contributed by atoms with Gasteiger partial charge in [0.2, 0.25) is 0 Å². The van der Waals surface area contributed by atoms with Gasteiger partial charge in [-0.15, -0.1) is 0 Å². The number of piperazine rings is 1. The zero-order valence-corrected chi connectivity index (χ0v) is 20.1. The molecular weight excluding hydrogens is 450 g/mol. The molecule has 1 aromatic carbocycles. The van der Waals surface area contributed by atoms with Crippen molar-refractivity contribution in [3.05, 3.63) is 64.3 Å². The van der Waals surface area contributed by atoms with Crippen LogP contribution in [-0.2, 0) is 6.42 Å². The highest BCUT2D eigenvalue weighted by Crippen LogP contribution is 2.36. The Balaban J connectivity index is 1.47. The standard InChI is InChI=1S/C26H28F2N6O/c1-4-5-17-12-22(29-15-17)30-23-14-24(34-8-6-33(3)7-9-34)32-26(31-23)35-21-13-20(27)18-10-16(2)11-19(18)25(21)28/h4-5,11-14H,6-10,15H2,1-3H3,(H,29,30,31,32)/b5-4+. The molecule has 0 radical (unpaired) electrons. The Bertz CT molecular complexity index is 1280. The number of amidine groups is 1. The molecule has 182 valence electrons. The molecule has 1 fully saturated rings. The maximum absolute atomic E-state index is 15.2. The first kappa shape index (κ1) is 23.2. The highest BCUT2D eigenvalue weighted by Gasteiger charge is 2.24. The van der Waals surface area contributed by atoms with E-state index in [0.29, 0.717) is 36.0 Å². The van der Waals surface area contributed by atoms with E-state index in [4.69, 9.17) is 4.74 Å². The molecule has 1 N–H and O–H groups in total. The SMILES string of the molecule is C/C=C/C1=CC(Nc2cc(N3CCN(C)CC3)nc(Oc3cc(F)c4c(c3F)C=C(C)C4)n2)=NC1. The monoisotopic (exact) mass is 478 g/mol. The van der Waals surface area contributed by atoms with E-state index < -0.39 is 11.6 Å². The van der Waals surface area contributed by atoms with Crippen molar-refractivity contribution in [2.45, 2.75) is 20.3 Å². The second-order valence-corrected chi connectivity index (χ2v) is 9.06. The zero-order chi connectivity index (χ0) is 24.5. The number of aromatic nitrogens is 2. The van der Waals surface area contributed by atoms with Gasteiger partial charge in [0.1, 0.15) is 23.3 Å². The van der Waals surface area contributed by atoms with E-state index in [0.717, 1.165) is 43.4 Å². The largest absolute Gasteiger partial charge is 0.421 e. The molecular formula is C26H28F2N6O. The Morgan fingerprint density at radius 1 is 1.09 bits per heavy atom.